The molecule has 18 nitrogen and oxygen atoms in total. The summed E-state index contributed by atoms with van der Waals surface area (Å²) in [6.45, 7) is 23.8. The number of aryl methyl sites for hydroxylation is 12. The number of hydrogen-bond acceptors (Lipinski definition) is 6. The smallest absolute Gasteiger partial charge is 0.220 e. The fourth-order valence-electron chi connectivity index (χ4n) is 24.7. The lowest BCUT2D eigenvalue weighted by atomic mass is 9.81. The molecule has 18 heteroatoms. The monoisotopic (exact) mass is 1950 g/mol. The summed E-state index contributed by atoms with van der Waals surface area (Å²) < 4.78 is 100. The molecular weight excluding hydrogens is 1840 g/mol. The summed E-state index contributed by atoms with van der Waals surface area (Å²) in [5.41, 5.74) is 50.4. The van der Waals surface area contributed by atoms with Gasteiger partial charge in [0.2, 0.25) is 34.7 Å². The zero-order chi connectivity index (χ0) is 109. The van der Waals surface area contributed by atoms with E-state index in [1.807, 2.05) is 72.8 Å². The van der Waals surface area contributed by atoms with Crippen LogP contribution in [0.5, 0.6) is 0 Å². The van der Waals surface area contributed by atoms with Crippen molar-refractivity contribution in [2.24, 2.45) is 0 Å². The van der Waals surface area contributed by atoms with Crippen molar-refractivity contribution in [2.45, 2.75) is 123 Å². The Morgan fingerprint density at radius 1 is 0.193 bits per heavy atom. The lowest BCUT2D eigenvalue weighted by Gasteiger charge is -2.24. The van der Waals surface area contributed by atoms with Gasteiger partial charge in [0.05, 0.1) is 144 Å². The number of para-hydroxylation sites is 18. The SMILES string of the molecule is [2H]C([2H])([2H])c1cccc2c1nc1n(-c3cc(C)c(-c4c(C)cc(-n5c6ccccc6n6c7cccc(C)c7nc56)cc4C)c(C)c3)c3ccccc3n21.[2H]C([2H])([2H])c1cccc2c1nc1n(-c3ccc(C(C)(C)C)c(-c4cccc(-n5c6ccccc6n6c7cccc(C)c7nc56)c4)c3)c3ccccc3n21.[2H]C([2H])([2H])c1cccc2c1nc1n(-c3ccc(C)c(-c4c(C)ccc(-n5c6ccccc6n6c7cccc(C)c7nc56)c4C)c3C)c3ccccc3n21. The zero-order valence-corrected chi connectivity index (χ0v) is 85.5. The lowest BCUT2D eigenvalue weighted by molar-refractivity contribution is 0.592. The number of rotatable bonds is 9. The number of imidazole rings is 12. The molecule has 12 heterocycles. The minimum Gasteiger partial charge on any atom is -0.278 e. The molecule has 150 heavy (non-hydrogen) atoms. The average molecular weight is 1960 g/mol. The van der Waals surface area contributed by atoms with E-state index in [1.165, 1.54) is 50.1 Å². The molecule has 0 amide bonds. The van der Waals surface area contributed by atoms with Gasteiger partial charge in [-0.1, -0.05) is 197 Å². The van der Waals surface area contributed by atoms with Crippen LogP contribution in [0.3, 0.4) is 0 Å². The van der Waals surface area contributed by atoms with E-state index in [0.29, 0.717) is 33.9 Å². The van der Waals surface area contributed by atoms with Crippen molar-refractivity contribution in [2.75, 3.05) is 0 Å². The van der Waals surface area contributed by atoms with Crippen LogP contribution in [0.25, 0.3) is 235 Å². The normalized spacial score (nSPS) is 13.4. The Kier molecular flexibility index (Phi) is 17.6. The second-order valence-electron chi connectivity index (χ2n) is 41.5. The van der Waals surface area contributed by atoms with Gasteiger partial charge in [0.15, 0.2) is 0 Å². The molecule has 30 aromatic rings. The highest BCUT2D eigenvalue weighted by atomic mass is 15.3. The van der Waals surface area contributed by atoms with Gasteiger partial charge in [-0.05, 0) is 389 Å². The van der Waals surface area contributed by atoms with E-state index in [-0.39, 0.29) is 22.1 Å². The summed E-state index contributed by atoms with van der Waals surface area (Å²) in [5.74, 6) is 4.71. The van der Waals surface area contributed by atoms with E-state index in [4.69, 9.17) is 42.2 Å². The van der Waals surface area contributed by atoms with Gasteiger partial charge >= 0.3 is 0 Å². The molecule has 726 valence electrons. The third-order valence-electron chi connectivity index (χ3n) is 31.3. The number of fused-ring (bicyclic) bond motifs is 30. The van der Waals surface area contributed by atoms with Gasteiger partial charge in [0.1, 0.15) is 0 Å². The van der Waals surface area contributed by atoms with E-state index in [9.17, 15) is 0 Å². The van der Waals surface area contributed by atoms with Gasteiger partial charge in [-0.3, -0.25) is 53.8 Å². The van der Waals surface area contributed by atoms with Crippen LogP contribution >= 0.6 is 0 Å². The highest BCUT2D eigenvalue weighted by molar-refractivity contribution is 6.02. The molecular formula is C132H108N18. The second kappa shape index (κ2) is 33.0. The van der Waals surface area contributed by atoms with Gasteiger partial charge < -0.3 is 0 Å². The first-order chi connectivity index (χ1) is 76.5. The van der Waals surface area contributed by atoms with Crippen LogP contribution in [-0.4, -0.2) is 83.7 Å². The zero-order valence-electron chi connectivity index (χ0n) is 94.5. The highest BCUT2D eigenvalue weighted by Crippen LogP contribution is 2.47. The van der Waals surface area contributed by atoms with E-state index in [2.05, 4.69) is 406 Å². The van der Waals surface area contributed by atoms with E-state index in [0.717, 1.165) is 217 Å². The second-order valence-corrected chi connectivity index (χ2v) is 41.5. The molecule has 0 spiro atoms. The summed E-state index contributed by atoms with van der Waals surface area (Å²) in [6, 6.07) is 119. The minimum absolute atomic E-state index is 0.152. The molecule has 0 saturated heterocycles. The van der Waals surface area contributed by atoms with Crippen LogP contribution < -0.4 is 0 Å². The Labute approximate surface area is 877 Å². The van der Waals surface area contributed by atoms with E-state index < -0.39 is 20.6 Å². The fourth-order valence-corrected chi connectivity index (χ4v) is 24.7. The maximum absolute atomic E-state index is 8.25. The molecule has 0 aliphatic rings. The number of benzene rings is 18. The summed E-state index contributed by atoms with van der Waals surface area (Å²) in [6.07, 6.45) is 0. The van der Waals surface area contributed by atoms with Crippen molar-refractivity contribution in [1.29, 1.82) is 0 Å². The number of aromatic nitrogens is 18. The summed E-state index contributed by atoms with van der Waals surface area (Å²) in [4.78, 5) is 30.8. The van der Waals surface area contributed by atoms with Crippen molar-refractivity contribution in [3.05, 3.63) is 429 Å². The standard InChI is InChI=1S/3C44H36N6/c1-25-13-11-19-37-41(25)45-43-47(33-15-7-9-17-35(33)49(37)43)31-21-27(3)39(28(4)22-31)40-29(5)23-32(24-30(40)6)48-34-16-8-10-18-36(34)50-38-20-12-14-26(2)42(38)46-44(48)50;1-25-21-23-31(47-33-15-7-9-17-35(33)49-37-19-11-13-27(3)41(37)45-43(47)49)29(5)39(25)40-26(2)22-24-32(30(40)6)48-34-16-8-10-18-36(34)50-38-20-12-14-28(4)42(38)46-44(48)50;1-27-13-10-21-38-40(27)45-42-47(34-17-6-8-19-36(34)49(38)42)30-16-12-15-29(25-30)32-26-31(23-24-33(32)44(3,4)5)48-35-18-7-9-20-37(35)50-39-22-11-14-28(2)41(39)46-43(48)50/h2*7-24H,1-6H3;6-26H,1-5H3/i1D3;3D3;2D3. The lowest BCUT2D eigenvalue weighted by Crippen LogP contribution is -2.13. The van der Waals surface area contributed by atoms with Crippen molar-refractivity contribution in [1.82, 2.24) is 83.7 Å². The van der Waals surface area contributed by atoms with Crippen molar-refractivity contribution >= 4 is 167 Å². The van der Waals surface area contributed by atoms with Gasteiger partial charge in [0, 0.05) is 35.1 Å². The Bertz CT molecular complexity index is 11400. The molecule has 0 N–H and O–H groups in total. The van der Waals surface area contributed by atoms with Crippen LogP contribution in [0.4, 0.5) is 0 Å². The predicted octanol–water partition coefficient (Wildman–Crippen LogP) is 32.1. The van der Waals surface area contributed by atoms with Crippen molar-refractivity contribution in [3.8, 4) is 67.5 Å². The third-order valence-corrected chi connectivity index (χ3v) is 31.3. The number of nitrogens with zero attached hydrogens (tertiary/aromatic N) is 18. The first kappa shape index (κ1) is 79.9. The Morgan fingerprint density at radius 2 is 0.440 bits per heavy atom. The fraction of sp³-hybridized carbons (Fsp3) is 0.136. The molecule has 0 radical (unpaired) electrons. The van der Waals surface area contributed by atoms with Crippen LogP contribution in [0.1, 0.15) is 117 Å². The Hall–Kier alpha value is -18.4. The summed E-state index contributed by atoms with van der Waals surface area (Å²) in [7, 11) is 0. The molecule has 0 aliphatic heterocycles. The molecule has 0 saturated carbocycles. The molecule has 0 aliphatic carbocycles. The van der Waals surface area contributed by atoms with Crippen LogP contribution in [0.15, 0.2) is 346 Å². The Morgan fingerprint density at radius 3 is 0.733 bits per heavy atom. The highest BCUT2D eigenvalue weighted by Gasteiger charge is 2.32. The molecule has 0 unspecified atom stereocenters. The average Bonchev–Trinajstić information content (AvgIpc) is 1.56. The third kappa shape index (κ3) is 13.0. The van der Waals surface area contributed by atoms with Gasteiger partial charge in [-0.25, -0.2) is 29.9 Å². The van der Waals surface area contributed by atoms with Crippen LogP contribution in [0.2, 0.25) is 0 Å². The van der Waals surface area contributed by atoms with E-state index >= 15 is 0 Å². The summed E-state index contributed by atoms with van der Waals surface area (Å²) in [5, 5.41) is 0. The molecule has 0 bridgehead atoms. The van der Waals surface area contributed by atoms with Crippen LogP contribution in [-0.2, 0) is 5.41 Å². The topological polar surface area (TPSA) is 133 Å². The first-order valence-corrected chi connectivity index (χ1v) is 51.1. The van der Waals surface area contributed by atoms with Crippen molar-refractivity contribution in [3.63, 3.8) is 0 Å². The predicted molar refractivity (Wildman–Crippen MR) is 619 cm³/mol. The van der Waals surface area contributed by atoms with Crippen LogP contribution in [0, 0.1) is 96.7 Å². The number of hydrogen-bond donors (Lipinski definition) is 0. The molecule has 30 rings (SSSR count). The largest absolute Gasteiger partial charge is 0.278 e. The first-order valence-electron chi connectivity index (χ1n) is 55.6. The Balaban J connectivity index is 0.000000113. The van der Waals surface area contributed by atoms with Crippen molar-refractivity contribution < 1.29 is 12.3 Å². The van der Waals surface area contributed by atoms with Gasteiger partial charge in [-0.2, -0.15) is 0 Å². The maximum atomic E-state index is 8.25. The quantitative estimate of drug-likeness (QED) is 0.141. The van der Waals surface area contributed by atoms with E-state index in [1.54, 1.807) is 18.2 Å². The van der Waals surface area contributed by atoms with Gasteiger partial charge in [0.25, 0.3) is 0 Å². The molecule has 18 aromatic carbocycles. The van der Waals surface area contributed by atoms with Gasteiger partial charge in [-0.15, -0.1) is 0 Å². The molecule has 12 aromatic heterocycles. The maximum Gasteiger partial charge on any atom is 0.220 e. The molecule has 0 fully saturated rings. The minimum atomic E-state index is -2.29. The summed E-state index contributed by atoms with van der Waals surface area (Å²) >= 11 is 0. The molecule has 0 atom stereocenters.